The number of amides is 1. The van der Waals surface area contributed by atoms with Crippen molar-refractivity contribution in [2.45, 2.75) is 19.3 Å². The van der Waals surface area contributed by atoms with Gasteiger partial charge in [-0.15, -0.1) is 0 Å². The van der Waals surface area contributed by atoms with Gasteiger partial charge in [0.1, 0.15) is 10.3 Å². The molecule has 5 heteroatoms. The van der Waals surface area contributed by atoms with E-state index in [1.165, 1.54) is 12.1 Å². The minimum Gasteiger partial charge on any atom is -0.351 e. The Morgan fingerprint density at radius 3 is 2.29 bits per heavy atom. The zero-order chi connectivity index (χ0) is 15.5. The summed E-state index contributed by atoms with van der Waals surface area (Å²) in [6, 6.07) is 13.0. The van der Waals surface area contributed by atoms with E-state index in [-0.39, 0.29) is 21.6 Å². The van der Waals surface area contributed by atoms with Gasteiger partial charge in [-0.05, 0) is 17.7 Å². The number of nitrogens with one attached hydrogen (secondary N) is 1. The van der Waals surface area contributed by atoms with Crippen LogP contribution < -0.4 is 5.32 Å². The quantitative estimate of drug-likeness (QED) is 0.861. The molecule has 0 unspecified atom stereocenters. The van der Waals surface area contributed by atoms with Crippen LogP contribution in [-0.4, -0.2) is 17.4 Å². The fraction of sp³-hybridized carbons (Fsp3) is 0.250. The number of aromatic nitrogens is 1. The number of carbonyl (C=O) groups excluding carboxylic acids is 1. The van der Waals surface area contributed by atoms with Crippen LogP contribution in [0, 0.1) is 0 Å². The molecule has 1 heterocycles. The Morgan fingerprint density at radius 1 is 1.14 bits per heavy atom. The molecule has 21 heavy (non-hydrogen) atoms. The van der Waals surface area contributed by atoms with E-state index >= 15 is 0 Å². The molecule has 1 aromatic heterocycles. The van der Waals surface area contributed by atoms with Gasteiger partial charge in [-0.3, -0.25) is 4.79 Å². The average molecular weight is 323 g/mol. The second kappa shape index (κ2) is 6.46. The first kappa shape index (κ1) is 15.8. The maximum absolute atomic E-state index is 12.2. The van der Waals surface area contributed by atoms with E-state index in [1.807, 2.05) is 30.3 Å². The van der Waals surface area contributed by atoms with Gasteiger partial charge in [0.05, 0.1) is 0 Å². The zero-order valence-electron chi connectivity index (χ0n) is 11.9. The highest BCUT2D eigenvalue weighted by atomic mass is 35.5. The molecule has 1 aromatic carbocycles. The average Bonchev–Trinajstić information content (AvgIpc) is 2.45. The molecule has 0 aliphatic heterocycles. The summed E-state index contributed by atoms with van der Waals surface area (Å²) in [5.74, 6) is -0.217. The molecule has 0 fully saturated rings. The molecule has 1 N–H and O–H groups in total. The Morgan fingerprint density at radius 2 is 1.71 bits per heavy atom. The van der Waals surface area contributed by atoms with Gasteiger partial charge in [0.2, 0.25) is 0 Å². The summed E-state index contributed by atoms with van der Waals surface area (Å²) < 4.78 is 0. The van der Waals surface area contributed by atoms with Crippen LogP contribution in [0.25, 0.3) is 0 Å². The highest BCUT2D eigenvalue weighted by molar-refractivity contribution is 6.33. The van der Waals surface area contributed by atoms with Crippen LogP contribution in [0.5, 0.6) is 0 Å². The molecule has 1 amide bonds. The van der Waals surface area contributed by atoms with Crippen molar-refractivity contribution in [3.8, 4) is 0 Å². The van der Waals surface area contributed by atoms with Crippen LogP contribution in [0.1, 0.15) is 29.8 Å². The van der Waals surface area contributed by atoms with E-state index in [9.17, 15) is 4.79 Å². The van der Waals surface area contributed by atoms with Gasteiger partial charge in [-0.2, -0.15) is 0 Å². The molecule has 3 nitrogen and oxygen atoms in total. The molecule has 2 aromatic rings. The molecule has 0 spiro atoms. The predicted molar refractivity (Wildman–Crippen MR) is 86.1 cm³/mol. The summed E-state index contributed by atoms with van der Waals surface area (Å²) in [4.78, 5) is 16.0. The summed E-state index contributed by atoms with van der Waals surface area (Å²) in [6.45, 7) is 4.66. The molecular weight excluding hydrogens is 307 g/mol. The van der Waals surface area contributed by atoms with Gasteiger partial charge in [-0.25, -0.2) is 4.98 Å². The SMILES string of the molecule is CC(C)(CNC(=O)c1cc(Cl)nc(Cl)c1)c1ccccc1. The van der Waals surface area contributed by atoms with Crippen molar-refractivity contribution in [3.63, 3.8) is 0 Å². The van der Waals surface area contributed by atoms with Crippen LogP contribution in [-0.2, 0) is 5.41 Å². The summed E-state index contributed by atoms with van der Waals surface area (Å²) in [5.41, 5.74) is 1.40. The van der Waals surface area contributed by atoms with Gasteiger partial charge in [0, 0.05) is 17.5 Å². The molecule has 110 valence electrons. The van der Waals surface area contributed by atoms with E-state index in [2.05, 4.69) is 24.1 Å². The Balaban J connectivity index is 2.07. The summed E-state index contributed by atoms with van der Waals surface area (Å²) in [7, 11) is 0. The smallest absolute Gasteiger partial charge is 0.251 e. The number of benzene rings is 1. The standard InChI is InChI=1S/C16H16Cl2N2O/c1-16(2,12-6-4-3-5-7-12)10-19-15(21)11-8-13(17)20-14(18)9-11/h3-9H,10H2,1-2H3,(H,19,21). The third-order valence-electron chi connectivity index (χ3n) is 3.27. The fourth-order valence-electron chi connectivity index (χ4n) is 1.99. The Labute approximate surface area is 134 Å². The molecule has 2 rings (SSSR count). The maximum atomic E-state index is 12.2. The van der Waals surface area contributed by atoms with E-state index in [1.54, 1.807) is 0 Å². The minimum absolute atomic E-state index is 0.169. The van der Waals surface area contributed by atoms with Gasteiger partial charge in [0.25, 0.3) is 5.91 Å². The number of nitrogens with zero attached hydrogens (tertiary/aromatic N) is 1. The van der Waals surface area contributed by atoms with Crippen molar-refractivity contribution in [1.82, 2.24) is 10.3 Å². The van der Waals surface area contributed by atoms with Crippen molar-refractivity contribution in [1.29, 1.82) is 0 Å². The van der Waals surface area contributed by atoms with Gasteiger partial charge >= 0.3 is 0 Å². The first-order chi connectivity index (χ1) is 9.88. The first-order valence-corrected chi connectivity index (χ1v) is 7.31. The number of hydrogen-bond donors (Lipinski definition) is 1. The second-order valence-corrected chi connectivity index (χ2v) is 6.21. The molecule has 0 aliphatic carbocycles. The highest BCUT2D eigenvalue weighted by Crippen LogP contribution is 2.22. The van der Waals surface area contributed by atoms with E-state index < -0.39 is 0 Å². The Bertz CT molecular complexity index is 622. The van der Waals surface area contributed by atoms with Crippen LogP contribution in [0.4, 0.5) is 0 Å². The van der Waals surface area contributed by atoms with Crippen molar-refractivity contribution in [3.05, 3.63) is 63.9 Å². The number of carbonyl (C=O) groups is 1. The first-order valence-electron chi connectivity index (χ1n) is 6.55. The third kappa shape index (κ3) is 4.19. The van der Waals surface area contributed by atoms with Crippen LogP contribution in [0.3, 0.4) is 0 Å². The number of pyridine rings is 1. The van der Waals surface area contributed by atoms with E-state index in [4.69, 9.17) is 23.2 Å². The molecule has 0 saturated carbocycles. The molecule has 0 bridgehead atoms. The van der Waals surface area contributed by atoms with Crippen molar-refractivity contribution >= 4 is 29.1 Å². The second-order valence-electron chi connectivity index (χ2n) is 5.43. The molecule has 0 saturated heterocycles. The lowest BCUT2D eigenvalue weighted by molar-refractivity contribution is 0.0945. The molecule has 0 aliphatic rings. The Hall–Kier alpha value is -1.58. The normalized spacial score (nSPS) is 11.2. The largest absolute Gasteiger partial charge is 0.351 e. The number of rotatable bonds is 4. The van der Waals surface area contributed by atoms with Crippen LogP contribution in [0.15, 0.2) is 42.5 Å². The van der Waals surface area contributed by atoms with Crippen molar-refractivity contribution in [2.24, 2.45) is 0 Å². The summed E-state index contributed by atoms with van der Waals surface area (Å²) >= 11 is 11.6. The lowest BCUT2D eigenvalue weighted by Crippen LogP contribution is -2.36. The monoisotopic (exact) mass is 322 g/mol. The number of hydrogen-bond acceptors (Lipinski definition) is 2. The lowest BCUT2D eigenvalue weighted by Gasteiger charge is -2.25. The van der Waals surface area contributed by atoms with Crippen molar-refractivity contribution < 1.29 is 4.79 Å². The summed E-state index contributed by atoms with van der Waals surface area (Å²) in [6.07, 6.45) is 0. The third-order valence-corrected chi connectivity index (χ3v) is 3.66. The van der Waals surface area contributed by atoms with Gasteiger partial charge < -0.3 is 5.32 Å². The van der Waals surface area contributed by atoms with E-state index in [0.29, 0.717) is 12.1 Å². The van der Waals surface area contributed by atoms with Crippen LogP contribution in [0.2, 0.25) is 10.3 Å². The maximum Gasteiger partial charge on any atom is 0.251 e. The zero-order valence-corrected chi connectivity index (χ0v) is 13.4. The predicted octanol–water partition coefficient (Wildman–Crippen LogP) is 4.10. The van der Waals surface area contributed by atoms with Crippen molar-refractivity contribution in [2.75, 3.05) is 6.54 Å². The van der Waals surface area contributed by atoms with E-state index in [0.717, 1.165) is 5.56 Å². The minimum atomic E-state index is -0.217. The molecule has 0 atom stereocenters. The lowest BCUT2D eigenvalue weighted by atomic mass is 9.84. The van der Waals surface area contributed by atoms with Crippen LogP contribution >= 0.6 is 23.2 Å². The van der Waals surface area contributed by atoms with Gasteiger partial charge in [-0.1, -0.05) is 67.4 Å². The Kier molecular flexibility index (Phi) is 4.86. The molecular formula is C16H16Cl2N2O. The topological polar surface area (TPSA) is 42.0 Å². The van der Waals surface area contributed by atoms with Gasteiger partial charge in [0.15, 0.2) is 0 Å². The fourth-order valence-corrected chi connectivity index (χ4v) is 2.45. The number of halogens is 2. The summed E-state index contributed by atoms with van der Waals surface area (Å²) in [5, 5.41) is 3.32. The molecule has 0 radical (unpaired) electrons. The highest BCUT2D eigenvalue weighted by Gasteiger charge is 2.21.